The SMILES string of the molecule is Cc1ccc(-n2nc(C(C)(C)C)cc2NC(=O)Nc2ccc(-c3ccc(CN(CCC#N)CCC#N)cc3)c3ccccc23)cn1. The average Bonchev–Trinajstić information content (AvgIpc) is 3.47. The van der Waals surface area contributed by atoms with E-state index < -0.39 is 0 Å². The van der Waals surface area contributed by atoms with E-state index in [-0.39, 0.29) is 11.4 Å². The summed E-state index contributed by atoms with van der Waals surface area (Å²) in [6.45, 7) is 10.1. The van der Waals surface area contributed by atoms with Gasteiger partial charge in [0.2, 0.25) is 0 Å². The van der Waals surface area contributed by atoms with E-state index in [1.807, 2.05) is 55.5 Å². The Morgan fingerprint density at radius 1 is 0.891 bits per heavy atom. The van der Waals surface area contributed by atoms with Crippen molar-refractivity contribution in [2.45, 2.75) is 52.5 Å². The second-order valence-electron chi connectivity index (χ2n) is 12.3. The van der Waals surface area contributed by atoms with Crippen molar-refractivity contribution >= 4 is 28.3 Å². The minimum absolute atomic E-state index is 0.214. The molecule has 0 aliphatic heterocycles. The van der Waals surface area contributed by atoms with Crippen molar-refractivity contribution in [1.82, 2.24) is 19.7 Å². The fraction of sp³-hybridized carbons (Fsp3) is 0.270. The van der Waals surface area contributed by atoms with E-state index in [9.17, 15) is 4.79 Å². The van der Waals surface area contributed by atoms with E-state index in [0.717, 1.165) is 44.5 Å². The number of benzene rings is 3. The third kappa shape index (κ3) is 7.58. The number of aryl methyl sites for hydroxylation is 1. The minimum atomic E-state index is -0.374. The molecule has 2 amide bonds. The van der Waals surface area contributed by atoms with Crippen molar-refractivity contribution in [3.05, 3.63) is 102 Å². The molecule has 0 spiro atoms. The molecule has 0 saturated heterocycles. The lowest BCUT2D eigenvalue weighted by Gasteiger charge is -2.20. The Kier molecular flexibility index (Phi) is 9.76. The van der Waals surface area contributed by atoms with Crippen molar-refractivity contribution in [2.24, 2.45) is 0 Å². The van der Waals surface area contributed by atoms with Gasteiger partial charge in [-0.15, -0.1) is 0 Å². The van der Waals surface area contributed by atoms with Crippen LogP contribution in [0.4, 0.5) is 16.3 Å². The van der Waals surface area contributed by atoms with Gasteiger partial charge in [0.05, 0.1) is 35.4 Å². The number of pyridine rings is 1. The van der Waals surface area contributed by atoms with Crippen LogP contribution < -0.4 is 10.6 Å². The molecule has 0 bridgehead atoms. The van der Waals surface area contributed by atoms with Gasteiger partial charge < -0.3 is 5.32 Å². The number of hydrogen-bond acceptors (Lipinski definition) is 6. The van der Waals surface area contributed by atoms with Crippen LogP contribution in [0.5, 0.6) is 0 Å². The first-order valence-electron chi connectivity index (χ1n) is 15.3. The minimum Gasteiger partial charge on any atom is -0.307 e. The quantitative estimate of drug-likeness (QED) is 0.165. The van der Waals surface area contributed by atoms with Gasteiger partial charge in [0.1, 0.15) is 5.82 Å². The molecule has 0 atom stereocenters. The highest BCUT2D eigenvalue weighted by Crippen LogP contribution is 2.34. The number of urea groups is 1. The van der Waals surface area contributed by atoms with Crippen LogP contribution in [0.3, 0.4) is 0 Å². The smallest absolute Gasteiger partial charge is 0.307 e. The topological polar surface area (TPSA) is 123 Å². The molecule has 2 N–H and O–H groups in total. The Hall–Kier alpha value is -5.51. The van der Waals surface area contributed by atoms with Crippen molar-refractivity contribution < 1.29 is 4.79 Å². The first-order chi connectivity index (χ1) is 22.2. The summed E-state index contributed by atoms with van der Waals surface area (Å²) in [6.07, 6.45) is 2.61. The first kappa shape index (κ1) is 31.9. The highest BCUT2D eigenvalue weighted by Gasteiger charge is 2.22. The zero-order chi connectivity index (χ0) is 32.7. The second kappa shape index (κ2) is 14.1. The van der Waals surface area contributed by atoms with Gasteiger partial charge in [0.25, 0.3) is 0 Å². The van der Waals surface area contributed by atoms with Crippen LogP contribution in [0.2, 0.25) is 0 Å². The van der Waals surface area contributed by atoms with Gasteiger partial charge in [-0.1, -0.05) is 75.4 Å². The highest BCUT2D eigenvalue weighted by atomic mass is 16.2. The van der Waals surface area contributed by atoms with Crippen LogP contribution in [-0.4, -0.2) is 38.8 Å². The monoisotopic (exact) mass is 610 g/mol. The second-order valence-corrected chi connectivity index (χ2v) is 12.3. The fourth-order valence-electron chi connectivity index (χ4n) is 5.28. The summed E-state index contributed by atoms with van der Waals surface area (Å²) in [7, 11) is 0. The van der Waals surface area contributed by atoms with E-state index in [2.05, 4.69) is 83.8 Å². The standard InChI is InChI=1S/C37H38N8O/c1-26-11-16-29(24-40-26)45-35(23-34(43-45)37(2,3)4)42-36(46)41-33-18-17-30(31-9-5-6-10-32(31)33)28-14-12-27(13-15-28)25-44(21-7-19-38)22-8-20-39/h5-6,9-18,23-24H,7-8,21-22,25H2,1-4H3,(H2,41,42,46). The van der Waals surface area contributed by atoms with Gasteiger partial charge in [0.15, 0.2) is 0 Å². The lowest BCUT2D eigenvalue weighted by molar-refractivity contribution is 0.262. The molecule has 0 fully saturated rings. The number of fused-ring (bicyclic) bond motifs is 1. The third-order valence-corrected chi connectivity index (χ3v) is 7.78. The molecule has 0 saturated carbocycles. The number of carbonyl (C=O) groups excluding carboxylic acids is 1. The predicted molar refractivity (Wildman–Crippen MR) is 183 cm³/mol. The fourth-order valence-corrected chi connectivity index (χ4v) is 5.28. The summed E-state index contributed by atoms with van der Waals surface area (Å²) < 4.78 is 1.71. The Morgan fingerprint density at radius 2 is 1.59 bits per heavy atom. The number of aromatic nitrogens is 3. The maximum Gasteiger partial charge on any atom is 0.324 e. The Balaban J connectivity index is 1.37. The molecule has 9 nitrogen and oxygen atoms in total. The summed E-state index contributed by atoms with van der Waals surface area (Å²) in [6, 6.07) is 30.1. The summed E-state index contributed by atoms with van der Waals surface area (Å²) in [5.74, 6) is 0.549. The number of anilines is 2. The molecule has 46 heavy (non-hydrogen) atoms. The molecular weight excluding hydrogens is 572 g/mol. The molecule has 0 unspecified atom stereocenters. The Bertz CT molecular complexity index is 1890. The maximum absolute atomic E-state index is 13.4. The van der Waals surface area contributed by atoms with Crippen molar-refractivity contribution in [2.75, 3.05) is 23.7 Å². The number of carbonyl (C=O) groups is 1. The zero-order valence-electron chi connectivity index (χ0n) is 26.7. The Morgan fingerprint density at radius 3 is 2.22 bits per heavy atom. The Labute approximate surface area is 270 Å². The summed E-state index contributed by atoms with van der Waals surface area (Å²) >= 11 is 0. The van der Waals surface area contributed by atoms with Crippen molar-refractivity contribution in [3.63, 3.8) is 0 Å². The van der Waals surface area contributed by atoms with Crippen molar-refractivity contribution in [3.8, 4) is 29.0 Å². The van der Waals surface area contributed by atoms with Gasteiger partial charge in [0, 0.05) is 55.0 Å². The number of nitrogens with one attached hydrogen (secondary N) is 2. The highest BCUT2D eigenvalue weighted by molar-refractivity contribution is 6.09. The summed E-state index contributed by atoms with van der Waals surface area (Å²) in [5, 5.41) is 30.8. The predicted octanol–water partition coefficient (Wildman–Crippen LogP) is 7.97. The molecule has 0 aliphatic carbocycles. The van der Waals surface area contributed by atoms with Crippen LogP contribution in [0, 0.1) is 29.6 Å². The average molecular weight is 611 g/mol. The molecule has 0 aliphatic rings. The van der Waals surface area contributed by atoms with Gasteiger partial charge in [-0.2, -0.15) is 15.6 Å². The molecule has 5 aromatic rings. The molecule has 2 aromatic heterocycles. The molecule has 232 valence electrons. The van der Waals surface area contributed by atoms with Crippen LogP contribution in [0.1, 0.15) is 50.6 Å². The van der Waals surface area contributed by atoms with Crippen LogP contribution in [0.15, 0.2) is 85.1 Å². The van der Waals surface area contributed by atoms with E-state index in [1.165, 1.54) is 0 Å². The largest absolute Gasteiger partial charge is 0.324 e. The molecule has 3 aromatic carbocycles. The first-order valence-corrected chi connectivity index (χ1v) is 15.3. The molecule has 0 radical (unpaired) electrons. The zero-order valence-corrected chi connectivity index (χ0v) is 26.7. The van der Waals surface area contributed by atoms with E-state index in [0.29, 0.717) is 44.0 Å². The van der Waals surface area contributed by atoms with Crippen LogP contribution in [-0.2, 0) is 12.0 Å². The number of hydrogen-bond donors (Lipinski definition) is 2. The summed E-state index contributed by atoms with van der Waals surface area (Å²) in [4.78, 5) is 20.0. The molecular formula is C37H38N8O. The van der Waals surface area contributed by atoms with Gasteiger partial charge in [-0.25, -0.2) is 9.48 Å². The number of amides is 2. The third-order valence-electron chi connectivity index (χ3n) is 7.78. The van der Waals surface area contributed by atoms with Crippen LogP contribution >= 0.6 is 0 Å². The molecule has 5 rings (SSSR count). The summed E-state index contributed by atoms with van der Waals surface area (Å²) in [5.41, 5.74) is 6.22. The lowest BCUT2D eigenvalue weighted by atomic mass is 9.92. The number of rotatable bonds is 10. The van der Waals surface area contributed by atoms with Crippen molar-refractivity contribution in [1.29, 1.82) is 10.5 Å². The van der Waals surface area contributed by atoms with Gasteiger partial charge >= 0.3 is 6.03 Å². The molecule has 2 heterocycles. The van der Waals surface area contributed by atoms with E-state index >= 15 is 0 Å². The van der Waals surface area contributed by atoms with Gasteiger partial charge in [-0.3, -0.25) is 15.2 Å². The van der Waals surface area contributed by atoms with Crippen LogP contribution in [0.25, 0.3) is 27.6 Å². The lowest BCUT2D eigenvalue weighted by Crippen LogP contribution is -2.25. The van der Waals surface area contributed by atoms with E-state index in [1.54, 1.807) is 10.9 Å². The maximum atomic E-state index is 13.4. The normalized spacial score (nSPS) is 11.3. The van der Waals surface area contributed by atoms with Gasteiger partial charge in [-0.05, 0) is 47.2 Å². The number of nitrogens with zero attached hydrogens (tertiary/aromatic N) is 6. The number of nitriles is 2. The van der Waals surface area contributed by atoms with E-state index in [4.69, 9.17) is 15.6 Å². The molecule has 9 heteroatoms.